The van der Waals surface area contributed by atoms with E-state index in [-0.39, 0.29) is 17.1 Å². The Bertz CT molecular complexity index is 1270. The first-order valence-electron chi connectivity index (χ1n) is 16.1. The number of hydrogen-bond acceptors (Lipinski definition) is 8. The van der Waals surface area contributed by atoms with E-state index in [0.29, 0.717) is 45.1 Å². The Kier molecular flexibility index (Phi) is 11.0. The molecule has 1 aromatic carbocycles. The first-order chi connectivity index (χ1) is 21.3. The summed E-state index contributed by atoms with van der Waals surface area (Å²) in [4.78, 5) is 19.4. The summed E-state index contributed by atoms with van der Waals surface area (Å²) in [5.74, 6) is 0.618. The smallest absolute Gasteiger partial charge is 0.325 e. The van der Waals surface area contributed by atoms with Crippen LogP contribution in [0.1, 0.15) is 80.3 Å². The molecule has 0 saturated carbocycles. The number of aliphatic carboxylic acids is 1. The fourth-order valence-electron chi connectivity index (χ4n) is 6.92. The molecule has 0 radical (unpaired) electrons. The minimum absolute atomic E-state index is 0.0109. The van der Waals surface area contributed by atoms with Gasteiger partial charge in [0, 0.05) is 55.8 Å². The molecule has 10 heteroatoms. The number of ether oxygens (including phenoxy) is 4. The average Bonchev–Trinajstić information content (AvgIpc) is 3.48. The number of methoxy groups -OCH3 is 2. The van der Waals surface area contributed by atoms with E-state index < -0.39 is 17.8 Å². The van der Waals surface area contributed by atoms with E-state index in [9.17, 15) is 9.90 Å². The molecule has 2 unspecified atom stereocenters. The van der Waals surface area contributed by atoms with Crippen LogP contribution in [0.5, 0.6) is 11.5 Å². The van der Waals surface area contributed by atoms with Crippen molar-refractivity contribution in [3.8, 4) is 11.5 Å². The van der Waals surface area contributed by atoms with Crippen molar-refractivity contribution in [2.45, 2.75) is 76.2 Å². The van der Waals surface area contributed by atoms with Gasteiger partial charge >= 0.3 is 5.97 Å². The highest BCUT2D eigenvalue weighted by Gasteiger charge is 2.38. The van der Waals surface area contributed by atoms with E-state index in [1.165, 1.54) is 18.7 Å². The van der Waals surface area contributed by atoms with Crippen molar-refractivity contribution in [3.63, 3.8) is 0 Å². The van der Waals surface area contributed by atoms with Crippen molar-refractivity contribution in [1.82, 2.24) is 9.88 Å². The summed E-state index contributed by atoms with van der Waals surface area (Å²) in [6.07, 6.45) is 8.39. The summed E-state index contributed by atoms with van der Waals surface area (Å²) >= 11 is 0. The monoisotopic (exact) mass is 613 g/mol. The molecule has 4 heterocycles. The molecule has 2 fully saturated rings. The molecule has 0 amide bonds. The number of likely N-dealkylation sites (tertiary alicyclic amines) is 1. The summed E-state index contributed by atoms with van der Waals surface area (Å²) in [5.41, 5.74) is 3.15. The number of anilines is 1. The van der Waals surface area contributed by atoms with Gasteiger partial charge in [-0.1, -0.05) is 13.3 Å². The van der Waals surface area contributed by atoms with Gasteiger partial charge < -0.3 is 29.4 Å². The molecule has 3 aliphatic rings. The zero-order valence-corrected chi connectivity index (χ0v) is 26.5. The highest BCUT2D eigenvalue weighted by Crippen LogP contribution is 2.41. The van der Waals surface area contributed by atoms with Crippen molar-refractivity contribution in [3.05, 3.63) is 46.4 Å². The van der Waals surface area contributed by atoms with Gasteiger partial charge in [-0.2, -0.15) is 0 Å². The van der Waals surface area contributed by atoms with Gasteiger partial charge in [0.1, 0.15) is 17.6 Å². The number of carboxylic acid groups (broad SMARTS) is 1. The van der Waals surface area contributed by atoms with Gasteiger partial charge in [0.2, 0.25) is 0 Å². The van der Waals surface area contributed by atoms with Crippen molar-refractivity contribution in [2.75, 3.05) is 65.6 Å². The zero-order valence-electron chi connectivity index (χ0n) is 26.5. The van der Waals surface area contributed by atoms with E-state index in [0.717, 1.165) is 87.2 Å². The third kappa shape index (κ3) is 7.46. The summed E-state index contributed by atoms with van der Waals surface area (Å²) in [6.45, 7) is 6.71. The van der Waals surface area contributed by atoms with Gasteiger partial charge in [-0.25, -0.2) is 9.37 Å². The summed E-state index contributed by atoms with van der Waals surface area (Å²) in [7, 11) is 3.12. The Morgan fingerprint density at radius 1 is 1.20 bits per heavy atom. The Morgan fingerprint density at radius 3 is 2.77 bits per heavy atom. The molecule has 2 aromatic rings. The van der Waals surface area contributed by atoms with E-state index in [1.807, 2.05) is 11.0 Å². The van der Waals surface area contributed by atoms with E-state index >= 15 is 4.39 Å². The first-order valence-corrected chi connectivity index (χ1v) is 16.1. The molecule has 2 atom stereocenters. The number of nitrogens with one attached hydrogen (secondary N) is 1. The number of pyridine rings is 1. The number of aromatic nitrogens is 1. The predicted octanol–water partition coefficient (Wildman–Crippen LogP) is 5.54. The lowest BCUT2D eigenvalue weighted by atomic mass is 9.75. The standard InChI is InChI=1S/C34H48FN3O6/c1-34(11-16-43-17-12-34)24-18-27(31(42-3)28(35)19-24)30(33(39)40)38-14-10-23(21-38)22-44-15-6-4-5-8-25-20-29(41-2)26-9-7-13-36-32(26)37-25/h18-20,23,30H,4-17,21-22H2,1-3H3,(H,36,37)(H,39,40). The Balaban J connectivity index is 1.11. The fourth-order valence-corrected chi connectivity index (χ4v) is 6.92. The Hall–Kier alpha value is -2.95. The third-order valence-corrected chi connectivity index (χ3v) is 9.61. The maximum Gasteiger partial charge on any atom is 0.325 e. The maximum atomic E-state index is 15.3. The molecular weight excluding hydrogens is 565 g/mol. The van der Waals surface area contributed by atoms with Crippen LogP contribution < -0.4 is 14.8 Å². The quantitative estimate of drug-likeness (QED) is 0.266. The second-order valence-corrected chi connectivity index (χ2v) is 12.7. The Morgan fingerprint density at radius 2 is 2.02 bits per heavy atom. The summed E-state index contributed by atoms with van der Waals surface area (Å²) in [6, 6.07) is 4.44. The minimum Gasteiger partial charge on any atom is -0.496 e. The number of halogens is 1. The number of carboxylic acids is 1. The lowest BCUT2D eigenvalue weighted by Gasteiger charge is -2.35. The van der Waals surface area contributed by atoms with Crippen molar-refractivity contribution >= 4 is 11.8 Å². The molecule has 5 rings (SSSR count). The van der Waals surface area contributed by atoms with Crippen LogP contribution in [0.15, 0.2) is 18.2 Å². The fraction of sp³-hybridized carbons (Fsp3) is 0.647. The first kappa shape index (κ1) is 32.4. The largest absolute Gasteiger partial charge is 0.496 e. The maximum absolute atomic E-state index is 15.3. The molecule has 44 heavy (non-hydrogen) atoms. The van der Waals surface area contributed by atoms with Crippen molar-refractivity contribution in [2.24, 2.45) is 5.92 Å². The van der Waals surface area contributed by atoms with E-state index in [4.69, 9.17) is 23.9 Å². The lowest BCUT2D eigenvalue weighted by molar-refractivity contribution is -0.143. The zero-order chi connectivity index (χ0) is 31.1. The Labute approximate surface area is 260 Å². The molecule has 2 saturated heterocycles. The number of unbranched alkanes of at least 4 members (excludes halogenated alkanes) is 2. The van der Waals surface area contributed by atoms with Crippen molar-refractivity contribution < 1.29 is 33.2 Å². The van der Waals surface area contributed by atoms with Crippen LogP contribution in [-0.2, 0) is 32.5 Å². The number of benzene rings is 1. The highest BCUT2D eigenvalue weighted by atomic mass is 19.1. The summed E-state index contributed by atoms with van der Waals surface area (Å²) < 4.78 is 37.9. The van der Waals surface area contributed by atoms with E-state index in [2.05, 4.69) is 18.3 Å². The van der Waals surface area contributed by atoms with Gasteiger partial charge in [-0.3, -0.25) is 9.69 Å². The molecule has 0 spiro atoms. The lowest BCUT2D eigenvalue weighted by Crippen LogP contribution is -2.34. The number of carbonyl (C=O) groups is 1. The highest BCUT2D eigenvalue weighted by molar-refractivity contribution is 5.77. The van der Waals surface area contributed by atoms with E-state index in [1.54, 1.807) is 7.11 Å². The van der Waals surface area contributed by atoms with Gasteiger partial charge in [0.15, 0.2) is 11.6 Å². The molecule has 9 nitrogen and oxygen atoms in total. The van der Waals surface area contributed by atoms with Crippen LogP contribution >= 0.6 is 0 Å². The molecule has 242 valence electrons. The molecule has 2 N–H and O–H groups in total. The second-order valence-electron chi connectivity index (χ2n) is 12.7. The molecular formula is C34H48FN3O6. The van der Waals surface area contributed by atoms with Crippen LogP contribution in [0.4, 0.5) is 10.2 Å². The third-order valence-electron chi connectivity index (χ3n) is 9.61. The number of rotatable bonds is 14. The number of hydrogen-bond donors (Lipinski definition) is 2. The van der Waals surface area contributed by atoms with Crippen LogP contribution in [0.2, 0.25) is 0 Å². The van der Waals surface area contributed by atoms with Crippen LogP contribution in [-0.4, -0.2) is 81.2 Å². The topological polar surface area (TPSA) is 102 Å². The second kappa shape index (κ2) is 14.9. The van der Waals surface area contributed by atoms with Crippen LogP contribution in [0, 0.1) is 11.7 Å². The van der Waals surface area contributed by atoms with Crippen LogP contribution in [0.25, 0.3) is 0 Å². The van der Waals surface area contributed by atoms with Gasteiger partial charge in [-0.05, 0) is 86.9 Å². The SMILES string of the molecule is COc1cc(CCCCCOCC2CCN(C(C(=O)O)c3cc(C4(C)CCOCC4)cc(F)c3OC)C2)nc2c1CCCN2. The summed E-state index contributed by atoms with van der Waals surface area (Å²) in [5, 5.41) is 13.7. The molecule has 0 aliphatic carbocycles. The molecule has 3 aliphatic heterocycles. The number of fused-ring (bicyclic) bond motifs is 1. The van der Waals surface area contributed by atoms with Gasteiger partial charge in [-0.15, -0.1) is 0 Å². The van der Waals surface area contributed by atoms with Gasteiger partial charge in [0.05, 0.1) is 20.8 Å². The van der Waals surface area contributed by atoms with Gasteiger partial charge in [0.25, 0.3) is 0 Å². The van der Waals surface area contributed by atoms with Crippen molar-refractivity contribution in [1.29, 1.82) is 0 Å². The predicted molar refractivity (Wildman–Crippen MR) is 166 cm³/mol. The minimum atomic E-state index is -1.000. The number of nitrogens with zero attached hydrogens (tertiary/aromatic N) is 2. The van der Waals surface area contributed by atoms with Crippen LogP contribution in [0.3, 0.4) is 0 Å². The number of aryl methyl sites for hydroxylation is 1. The molecule has 1 aromatic heterocycles. The normalized spacial score (nSPS) is 20.5. The average molecular weight is 614 g/mol. The molecule has 0 bridgehead atoms.